The van der Waals surface area contributed by atoms with Gasteiger partial charge in [-0.2, -0.15) is 0 Å². The van der Waals surface area contributed by atoms with E-state index < -0.39 is 0 Å². The van der Waals surface area contributed by atoms with Crippen molar-refractivity contribution in [2.45, 2.75) is 0 Å². The molecule has 0 unspecified atom stereocenters. The molecule has 90 valence electrons. The topological polar surface area (TPSA) is 64.5 Å². The minimum Gasteiger partial charge on any atom is -0.496 e. The number of hydrogen-bond donors (Lipinski definition) is 1. The zero-order valence-corrected chi connectivity index (χ0v) is 10.1. The summed E-state index contributed by atoms with van der Waals surface area (Å²) in [5.41, 5.74) is 8.39. The van der Waals surface area contributed by atoms with Crippen LogP contribution >= 0.6 is 0 Å². The van der Waals surface area contributed by atoms with E-state index in [-0.39, 0.29) is 0 Å². The summed E-state index contributed by atoms with van der Waals surface area (Å²) in [5, 5.41) is 3.68. The van der Waals surface area contributed by atoms with Gasteiger partial charge in [-0.15, -0.1) is 0 Å². The Hall–Kier alpha value is -2.17. The Morgan fingerprint density at radius 2 is 2.06 bits per heavy atom. The summed E-state index contributed by atoms with van der Waals surface area (Å²) < 4.78 is 10.2. The van der Waals surface area contributed by atoms with Gasteiger partial charge in [0, 0.05) is 25.3 Å². The van der Waals surface area contributed by atoms with Crippen LogP contribution in [0.5, 0.6) is 5.75 Å². The summed E-state index contributed by atoms with van der Waals surface area (Å²) in [6.07, 6.45) is 1.59. The Morgan fingerprint density at radius 3 is 2.59 bits per heavy atom. The number of hydrogen-bond acceptors (Lipinski definition) is 5. The molecule has 5 nitrogen and oxygen atoms in total. The second-order valence-electron chi connectivity index (χ2n) is 3.88. The molecule has 0 saturated carbocycles. The van der Waals surface area contributed by atoms with Crippen molar-refractivity contribution in [2.24, 2.45) is 0 Å². The zero-order chi connectivity index (χ0) is 12.4. The van der Waals surface area contributed by atoms with E-state index in [1.54, 1.807) is 13.3 Å². The van der Waals surface area contributed by atoms with Gasteiger partial charge in [0.1, 0.15) is 5.75 Å². The number of methoxy groups -OCH3 is 1. The number of rotatable bonds is 3. The highest BCUT2D eigenvalue weighted by Crippen LogP contribution is 2.36. The molecule has 1 aromatic carbocycles. The second kappa shape index (κ2) is 4.37. The first-order chi connectivity index (χ1) is 8.13. The van der Waals surface area contributed by atoms with Crippen molar-refractivity contribution < 1.29 is 9.26 Å². The summed E-state index contributed by atoms with van der Waals surface area (Å²) >= 11 is 0. The quantitative estimate of drug-likeness (QED) is 0.878. The fourth-order valence-corrected chi connectivity index (χ4v) is 1.64. The van der Waals surface area contributed by atoms with Gasteiger partial charge in [0.25, 0.3) is 0 Å². The molecule has 0 radical (unpaired) electrons. The van der Waals surface area contributed by atoms with Gasteiger partial charge in [0.15, 0.2) is 0 Å². The highest BCUT2D eigenvalue weighted by atomic mass is 16.5. The molecule has 0 saturated heterocycles. The Morgan fingerprint density at radius 1 is 1.29 bits per heavy atom. The molecular weight excluding hydrogens is 218 g/mol. The number of nitrogens with two attached hydrogens (primary N) is 1. The molecule has 0 spiro atoms. The van der Waals surface area contributed by atoms with Crippen molar-refractivity contribution in [3.63, 3.8) is 0 Å². The van der Waals surface area contributed by atoms with E-state index in [1.165, 1.54) is 0 Å². The number of nitrogens with zero attached hydrogens (tertiary/aromatic N) is 2. The van der Waals surface area contributed by atoms with Crippen molar-refractivity contribution in [3.8, 4) is 16.9 Å². The lowest BCUT2D eigenvalue weighted by molar-refractivity contribution is 0.416. The van der Waals surface area contributed by atoms with Gasteiger partial charge in [-0.1, -0.05) is 5.16 Å². The van der Waals surface area contributed by atoms with Crippen molar-refractivity contribution >= 4 is 11.6 Å². The summed E-state index contributed by atoms with van der Waals surface area (Å²) in [5.74, 6) is 1.03. The van der Waals surface area contributed by atoms with E-state index in [2.05, 4.69) is 5.16 Å². The van der Waals surface area contributed by atoms with Crippen molar-refractivity contribution in [2.75, 3.05) is 31.8 Å². The van der Waals surface area contributed by atoms with Crippen LogP contribution < -0.4 is 15.4 Å². The van der Waals surface area contributed by atoms with Crippen molar-refractivity contribution in [1.29, 1.82) is 0 Å². The molecule has 0 aliphatic rings. The third-order valence-corrected chi connectivity index (χ3v) is 2.59. The first-order valence-electron chi connectivity index (χ1n) is 5.19. The van der Waals surface area contributed by atoms with Crippen LogP contribution in [0.1, 0.15) is 0 Å². The largest absolute Gasteiger partial charge is 0.496 e. The van der Waals surface area contributed by atoms with Crippen LogP contribution in [0.15, 0.2) is 28.9 Å². The fourth-order valence-electron chi connectivity index (χ4n) is 1.64. The monoisotopic (exact) mass is 233 g/mol. The third-order valence-electron chi connectivity index (χ3n) is 2.59. The third kappa shape index (κ3) is 2.04. The molecule has 1 aromatic heterocycles. The standard InChI is InChI=1S/C12H15N3O2/c1-15(2)8-4-5-11(16-3)9(6-8)10-7-14-17-12(10)13/h4-7H,13H2,1-3H3. The lowest BCUT2D eigenvalue weighted by Gasteiger charge is -2.15. The van der Waals surface area contributed by atoms with Crippen molar-refractivity contribution in [1.82, 2.24) is 5.16 Å². The van der Waals surface area contributed by atoms with Crippen LogP contribution in [0, 0.1) is 0 Å². The number of ether oxygens (including phenoxy) is 1. The van der Waals surface area contributed by atoms with Crippen LogP contribution in [0.2, 0.25) is 0 Å². The van der Waals surface area contributed by atoms with Gasteiger partial charge in [-0.25, -0.2) is 0 Å². The van der Waals surface area contributed by atoms with Crippen LogP contribution in [0.3, 0.4) is 0 Å². The molecule has 5 heteroatoms. The van der Waals surface area contributed by atoms with Gasteiger partial charge >= 0.3 is 0 Å². The molecule has 0 bridgehead atoms. The van der Waals surface area contributed by atoms with E-state index in [0.29, 0.717) is 5.88 Å². The molecule has 0 atom stereocenters. The second-order valence-corrected chi connectivity index (χ2v) is 3.88. The van der Waals surface area contributed by atoms with E-state index in [0.717, 1.165) is 22.6 Å². The molecule has 1 heterocycles. The van der Waals surface area contributed by atoms with Gasteiger partial charge in [0.05, 0.1) is 18.9 Å². The number of nitrogen functional groups attached to an aromatic ring is 1. The average molecular weight is 233 g/mol. The Bertz CT molecular complexity index is 520. The van der Waals surface area contributed by atoms with Gasteiger partial charge in [0.2, 0.25) is 5.88 Å². The highest BCUT2D eigenvalue weighted by molar-refractivity contribution is 5.79. The Kier molecular flexibility index (Phi) is 2.91. The van der Waals surface area contributed by atoms with E-state index >= 15 is 0 Å². The number of anilines is 2. The summed E-state index contributed by atoms with van der Waals surface area (Å²) in [6, 6.07) is 5.87. The molecule has 2 aromatic rings. The lowest BCUT2D eigenvalue weighted by Crippen LogP contribution is -2.08. The Labute approximate surface area is 99.8 Å². The molecule has 0 aliphatic carbocycles. The summed E-state index contributed by atoms with van der Waals surface area (Å²) in [7, 11) is 5.57. The molecule has 0 aliphatic heterocycles. The number of benzene rings is 1. The molecule has 2 N–H and O–H groups in total. The van der Waals surface area contributed by atoms with Crippen LogP contribution in [0.4, 0.5) is 11.6 Å². The van der Waals surface area contributed by atoms with Gasteiger partial charge in [-0.3, -0.25) is 0 Å². The number of aromatic nitrogens is 1. The Balaban J connectivity index is 2.57. The predicted octanol–water partition coefficient (Wildman–Crippen LogP) is 2.00. The average Bonchev–Trinajstić information content (AvgIpc) is 2.74. The smallest absolute Gasteiger partial charge is 0.230 e. The lowest BCUT2D eigenvalue weighted by atomic mass is 10.1. The zero-order valence-electron chi connectivity index (χ0n) is 10.1. The van der Waals surface area contributed by atoms with Gasteiger partial charge in [-0.05, 0) is 18.2 Å². The minimum absolute atomic E-state index is 0.291. The predicted molar refractivity (Wildman–Crippen MR) is 67.2 cm³/mol. The molecule has 0 fully saturated rings. The fraction of sp³-hybridized carbons (Fsp3) is 0.250. The molecule has 2 rings (SSSR count). The maximum absolute atomic E-state index is 5.72. The molecular formula is C12H15N3O2. The normalized spacial score (nSPS) is 10.3. The van der Waals surface area contributed by atoms with Crippen LogP contribution in [-0.4, -0.2) is 26.4 Å². The van der Waals surface area contributed by atoms with E-state index in [4.69, 9.17) is 15.0 Å². The minimum atomic E-state index is 0.291. The SMILES string of the molecule is COc1ccc(N(C)C)cc1-c1cnoc1N. The summed E-state index contributed by atoms with van der Waals surface area (Å²) in [4.78, 5) is 2.01. The highest BCUT2D eigenvalue weighted by Gasteiger charge is 2.13. The van der Waals surface area contributed by atoms with Crippen LogP contribution in [-0.2, 0) is 0 Å². The van der Waals surface area contributed by atoms with E-state index in [9.17, 15) is 0 Å². The molecule has 17 heavy (non-hydrogen) atoms. The van der Waals surface area contributed by atoms with E-state index in [1.807, 2.05) is 37.2 Å². The maximum atomic E-state index is 5.72. The van der Waals surface area contributed by atoms with Gasteiger partial charge < -0.3 is 19.9 Å². The first kappa shape index (κ1) is 11.3. The van der Waals surface area contributed by atoms with Crippen LogP contribution in [0.25, 0.3) is 11.1 Å². The van der Waals surface area contributed by atoms with Crippen molar-refractivity contribution in [3.05, 3.63) is 24.4 Å². The first-order valence-corrected chi connectivity index (χ1v) is 5.19. The molecule has 0 amide bonds. The maximum Gasteiger partial charge on any atom is 0.230 e. The summed E-state index contributed by atoms with van der Waals surface area (Å²) in [6.45, 7) is 0.